The van der Waals surface area contributed by atoms with E-state index in [0.29, 0.717) is 18.2 Å². The Bertz CT molecular complexity index is 677. The summed E-state index contributed by atoms with van der Waals surface area (Å²) in [5.41, 5.74) is 1.10. The van der Waals surface area contributed by atoms with E-state index in [4.69, 9.17) is 4.99 Å². The number of H-pyrrole nitrogens is 1. The summed E-state index contributed by atoms with van der Waals surface area (Å²) in [5, 5.41) is 19.9. The van der Waals surface area contributed by atoms with E-state index < -0.39 is 0 Å². The van der Waals surface area contributed by atoms with Crippen LogP contribution < -0.4 is 5.32 Å². The molecule has 0 bridgehead atoms. The summed E-state index contributed by atoms with van der Waals surface area (Å²) >= 11 is 0. The highest BCUT2D eigenvalue weighted by Gasteiger charge is 2.24. The van der Waals surface area contributed by atoms with Gasteiger partial charge in [0.1, 0.15) is 17.9 Å². The predicted octanol–water partition coefficient (Wildman–Crippen LogP) is 1.90. The second-order valence-corrected chi connectivity index (χ2v) is 6.29. The van der Waals surface area contributed by atoms with Crippen LogP contribution in [-0.4, -0.2) is 57.3 Å². The molecule has 3 N–H and O–H groups in total. The molecule has 1 fully saturated rings. The first-order valence-corrected chi connectivity index (χ1v) is 8.92. The van der Waals surface area contributed by atoms with Gasteiger partial charge < -0.3 is 15.3 Å². The molecule has 2 heterocycles. The zero-order chi connectivity index (χ0) is 17.5. The average Bonchev–Trinajstić information content (AvgIpc) is 3.16. The van der Waals surface area contributed by atoms with Crippen LogP contribution in [0, 0.1) is 0 Å². The molecule has 0 saturated carbocycles. The number of aromatic amines is 1. The number of guanidine groups is 1. The van der Waals surface area contributed by atoms with Gasteiger partial charge in [-0.25, -0.2) is 4.98 Å². The lowest BCUT2D eigenvalue weighted by Gasteiger charge is -2.33. The van der Waals surface area contributed by atoms with Crippen molar-refractivity contribution in [2.24, 2.45) is 4.99 Å². The topological polar surface area (TPSA) is 89.4 Å². The Morgan fingerprint density at radius 3 is 2.92 bits per heavy atom. The fraction of sp³-hybridized carbons (Fsp3) is 0.500. The number of aromatic nitrogens is 3. The molecule has 0 aliphatic carbocycles. The summed E-state index contributed by atoms with van der Waals surface area (Å²) in [7, 11) is 0. The van der Waals surface area contributed by atoms with E-state index in [2.05, 4.69) is 32.3 Å². The molecule has 0 unspecified atom stereocenters. The summed E-state index contributed by atoms with van der Waals surface area (Å²) in [6.45, 7) is 5.57. The monoisotopic (exact) mass is 342 g/mol. The molecule has 0 radical (unpaired) electrons. The maximum atomic E-state index is 9.54. The molecule has 7 nitrogen and oxygen atoms in total. The van der Waals surface area contributed by atoms with Crippen molar-refractivity contribution in [2.45, 2.75) is 32.1 Å². The third-order valence-electron chi connectivity index (χ3n) is 4.52. The maximum absolute atomic E-state index is 9.54. The first-order valence-electron chi connectivity index (χ1n) is 8.92. The molecule has 7 heteroatoms. The van der Waals surface area contributed by atoms with Crippen molar-refractivity contribution in [2.75, 3.05) is 26.2 Å². The third kappa shape index (κ3) is 4.71. The molecule has 1 aliphatic heterocycles. The molecule has 0 amide bonds. The van der Waals surface area contributed by atoms with Gasteiger partial charge in [-0.15, -0.1) is 0 Å². The van der Waals surface area contributed by atoms with Gasteiger partial charge in [0.15, 0.2) is 5.96 Å². The van der Waals surface area contributed by atoms with Crippen molar-refractivity contribution in [3.63, 3.8) is 0 Å². The van der Waals surface area contributed by atoms with Crippen molar-refractivity contribution < 1.29 is 5.11 Å². The van der Waals surface area contributed by atoms with Crippen molar-refractivity contribution in [3.8, 4) is 5.75 Å². The van der Waals surface area contributed by atoms with Gasteiger partial charge in [0, 0.05) is 32.1 Å². The highest BCUT2D eigenvalue weighted by atomic mass is 16.3. The van der Waals surface area contributed by atoms with Crippen LogP contribution in [0.15, 0.2) is 35.6 Å². The van der Waals surface area contributed by atoms with Crippen molar-refractivity contribution >= 4 is 5.96 Å². The number of benzene rings is 1. The third-order valence-corrected chi connectivity index (χ3v) is 4.52. The second kappa shape index (κ2) is 8.50. The van der Waals surface area contributed by atoms with Crippen molar-refractivity contribution in [1.29, 1.82) is 0 Å². The first kappa shape index (κ1) is 17.3. The van der Waals surface area contributed by atoms with E-state index in [1.54, 1.807) is 18.5 Å². The summed E-state index contributed by atoms with van der Waals surface area (Å²) in [4.78, 5) is 11.4. The van der Waals surface area contributed by atoms with Gasteiger partial charge >= 0.3 is 0 Å². The lowest BCUT2D eigenvalue weighted by atomic mass is 9.96. The van der Waals surface area contributed by atoms with E-state index >= 15 is 0 Å². The largest absolute Gasteiger partial charge is 0.508 e. The highest BCUT2D eigenvalue weighted by molar-refractivity contribution is 5.80. The fourth-order valence-electron chi connectivity index (χ4n) is 3.21. The normalized spacial score (nSPS) is 16.2. The van der Waals surface area contributed by atoms with E-state index in [9.17, 15) is 5.11 Å². The minimum absolute atomic E-state index is 0.308. The fourth-order valence-corrected chi connectivity index (χ4v) is 3.21. The summed E-state index contributed by atoms with van der Waals surface area (Å²) < 4.78 is 0. The van der Waals surface area contributed by atoms with Gasteiger partial charge in [-0.05, 0) is 43.9 Å². The SMILES string of the molecule is CCNC(=NCCc1cccc(O)c1)N1CCC(c2ncn[nH]2)CC1. The molecule has 3 rings (SSSR count). The Morgan fingerprint density at radius 2 is 2.24 bits per heavy atom. The molecule has 0 spiro atoms. The second-order valence-electron chi connectivity index (χ2n) is 6.29. The van der Waals surface area contributed by atoms with Gasteiger partial charge in [0.2, 0.25) is 0 Å². The number of nitrogens with one attached hydrogen (secondary N) is 2. The number of piperidine rings is 1. The molecule has 1 aromatic carbocycles. The van der Waals surface area contributed by atoms with E-state index in [-0.39, 0.29) is 0 Å². The van der Waals surface area contributed by atoms with Crippen LogP contribution in [-0.2, 0) is 6.42 Å². The number of nitrogens with zero attached hydrogens (tertiary/aromatic N) is 4. The number of phenolic OH excluding ortho intramolecular Hbond substituents is 1. The average molecular weight is 342 g/mol. The maximum Gasteiger partial charge on any atom is 0.193 e. The Balaban J connectivity index is 1.55. The van der Waals surface area contributed by atoms with Crippen LogP contribution in [0.1, 0.15) is 37.1 Å². The molecule has 1 aromatic heterocycles. The lowest BCUT2D eigenvalue weighted by Crippen LogP contribution is -2.45. The number of hydrogen-bond donors (Lipinski definition) is 3. The smallest absolute Gasteiger partial charge is 0.193 e. The molecule has 134 valence electrons. The van der Waals surface area contributed by atoms with Crippen LogP contribution in [0.5, 0.6) is 5.75 Å². The van der Waals surface area contributed by atoms with Crippen molar-refractivity contribution in [3.05, 3.63) is 42.0 Å². The van der Waals surface area contributed by atoms with Gasteiger partial charge in [-0.2, -0.15) is 5.10 Å². The van der Waals surface area contributed by atoms with E-state index in [0.717, 1.165) is 56.2 Å². The summed E-state index contributed by atoms with van der Waals surface area (Å²) in [6.07, 6.45) is 4.49. The highest BCUT2D eigenvalue weighted by Crippen LogP contribution is 2.24. The quantitative estimate of drug-likeness (QED) is 0.570. The molecule has 25 heavy (non-hydrogen) atoms. The Labute approximate surface area is 148 Å². The van der Waals surface area contributed by atoms with Gasteiger partial charge in [-0.3, -0.25) is 10.1 Å². The molecule has 2 aromatic rings. The predicted molar refractivity (Wildman–Crippen MR) is 97.7 cm³/mol. The molecular weight excluding hydrogens is 316 g/mol. The molecule has 1 aliphatic rings. The van der Waals surface area contributed by atoms with Crippen LogP contribution in [0.2, 0.25) is 0 Å². The minimum atomic E-state index is 0.308. The molecular formula is C18H26N6O. The van der Waals surface area contributed by atoms with Crippen LogP contribution in [0.4, 0.5) is 0 Å². The Morgan fingerprint density at radius 1 is 1.40 bits per heavy atom. The number of rotatable bonds is 5. The number of hydrogen-bond acceptors (Lipinski definition) is 4. The Kier molecular flexibility index (Phi) is 5.87. The number of aliphatic imine (C=N–C) groups is 1. The first-order chi connectivity index (χ1) is 12.3. The summed E-state index contributed by atoms with van der Waals surface area (Å²) in [5.74, 6) is 2.72. The van der Waals surface area contributed by atoms with Crippen LogP contribution >= 0.6 is 0 Å². The van der Waals surface area contributed by atoms with Gasteiger partial charge in [0.25, 0.3) is 0 Å². The van der Waals surface area contributed by atoms with Gasteiger partial charge in [0.05, 0.1) is 0 Å². The van der Waals surface area contributed by atoms with E-state index in [1.807, 2.05) is 12.1 Å². The zero-order valence-corrected chi connectivity index (χ0v) is 14.6. The minimum Gasteiger partial charge on any atom is -0.508 e. The van der Waals surface area contributed by atoms with Gasteiger partial charge in [-0.1, -0.05) is 12.1 Å². The number of aromatic hydroxyl groups is 1. The van der Waals surface area contributed by atoms with Crippen LogP contribution in [0.3, 0.4) is 0 Å². The van der Waals surface area contributed by atoms with Crippen molar-refractivity contribution in [1.82, 2.24) is 25.4 Å². The van der Waals surface area contributed by atoms with E-state index in [1.165, 1.54) is 0 Å². The number of phenols is 1. The Hall–Kier alpha value is -2.57. The molecule has 1 saturated heterocycles. The molecule has 0 atom stereocenters. The lowest BCUT2D eigenvalue weighted by molar-refractivity contribution is 0.299. The summed E-state index contributed by atoms with van der Waals surface area (Å²) in [6, 6.07) is 7.37. The van der Waals surface area contributed by atoms with Crippen LogP contribution in [0.25, 0.3) is 0 Å². The standard InChI is InChI=1S/C18H26N6O/c1-2-19-18(20-9-6-14-4-3-5-16(25)12-14)24-10-7-15(8-11-24)17-21-13-22-23-17/h3-5,12-13,15,25H,2,6-11H2,1H3,(H,19,20)(H,21,22,23). The number of likely N-dealkylation sites (tertiary alicyclic amines) is 1. The zero-order valence-electron chi connectivity index (χ0n) is 14.6.